The van der Waals surface area contributed by atoms with Gasteiger partial charge in [0.25, 0.3) is 0 Å². The summed E-state index contributed by atoms with van der Waals surface area (Å²) >= 11 is 0. The lowest BCUT2D eigenvalue weighted by Gasteiger charge is -2.23. The fourth-order valence-electron chi connectivity index (χ4n) is 1.04. The van der Waals surface area contributed by atoms with Gasteiger partial charge in [0.2, 0.25) is 0 Å². The van der Waals surface area contributed by atoms with E-state index < -0.39 is 6.17 Å². The van der Waals surface area contributed by atoms with E-state index in [4.69, 9.17) is 5.11 Å². The molecular weight excluding hydrogens is 121 g/mol. The van der Waals surface area contributed by atoms with Crippen molar-refractivity contribution in [2.24, 2.45) is 0 Å². The second-order valence-electron chi connectivity index (χ2n) is 2.46. The topological polar surface area (TPSA) is 32.3 Å². The summed E-state index contributed by atoms with van der Waals surface area (Å²) in [6.45, 7) is 0.540. The number of halogens is 1. The SMILES string of the molecule is OC[C@@H]1CC[C@@H](F)CN1. The molecule has 0 amide bonds. The molecule has 0 unspecified atom stereocenters. The Morgan fingerprint density at radius 1 is 1.56 bits per heavy atom. The Bertz CT molecular complexity index is 81.1. The lowest BCUT2D eigenvalue weighted by molar-refractivity contribution is 0.174. The number of aliphatic hydroxyl groups is 1. The van der Waals surface area contributed by atoms with Gasteiger partial charge in [-0.25, -0.2) is 4.39 Å². The first kappa shape index (κ1) is 6.96. The first-order chi connectivity index (χ1) is 4.33. The van der Waals surface area contributed by atoms with Crippen molar-refractivity contribution >= 4 is 0 Å². The van der Waals surface area contributed by atoms with E-state index in [1.54, 1.807) is 0 Å². The lowest BCUT2D eigenvalue weighted by Crippen LogP contribution is -2.41. The normalized spacial score (nSPS) is 36.7. The predicted molar refractivity (Wildman–Crippen MR) is 33.0 cm³/mol. The van der Waals surface area contributed by atoms with Crippen LogP contribution in [0.25, 0.3) is 0 Å². The van der Waals surface area contributed by atoms with Crippen molar-refractivity contribution < 1.29 is 9.50 Å². The second-order valence-corrected chi connectivity index (χ2v) is 2.46. The molecule has 2 atom stereocenters. The summed E-state index contributed by atoms with van der Waals surface area (Å²) in [6, 6.07) is 0.136. The molecule has 0 bridgehead atoms. The van der Waals surface area contributed by atoms with Crippen LogP contribution in [0, 0.1) is 0 Å². The molecule has 1 fully saturated rings. The number of alkyl halides is 1. The smallest absolute Gasteiger partial charge is 0.113 e. The minimum Gasteiger partial charge on any atom is -0.395 e. The average Bonchev–Trinajstić information content (AvgIpc) is 1.90. The maximum Gasteiger partial charge on any atom is 0.113 e. The molecule has 0 spiro atoms. The Hall–Kier alpha value is -0.150. The highest BCUT2D eigenvalue weighted by Gasteiger charge is 2.18. The van der Waals surface area contributed by atoms with Gasteiger partial charge >= 0.3 is 0 Å². The van der Waals surface area contributed by atoms with Crippen molar-refractivity contribution in [3.8, 4) is 0 Å². The van der Waals surface area contributed by atoms with E-state index in [1.165, 1.54) is 0 Å². The van der Waals surface area contributed by atoms with Crippen LogP contribution in [0.2, 0.25) is 0 Å². The quantitative estimate of drug-likeness (QED) is 0.530. The molecule has 1 heterocycles. The summed E-state index contributed by atoms with van der Waals surface area (Å²) in [5, 5.41) is 11.5. The molecule has 54 valence electrons. The Morgan fingerprint density at radius 2 is 2.33 bits per heavy atom. The Kier molecular flexibility index (Phi) is 2.42. The minimum atomic E-state index is -0.701. The van der Waals surface area contributed by atoms with Gasteiger partial charge in [0.15, 0.2) is 0 Å². The number of piperidine rings is 1. The molecule has 0 radical (unpaired) electrons. The summed E-state index contributed by atoms with van der Waals surface area (Å²) in [7, 11) is 0. The number of hydrogen-bond donors (Lipinski definition) is 2. The molecule has 2 N–H and O–H groups in total. The maximum atomic E-state index is 12.3. The van der Waals surface area contributed by atoms with Crippen molar-refractivity contribution in [3.05, 3.63) is 0 Å². The van der Waals surface area contributed by atoms with Crippen molar-refractivity contribution in [2.75, 3.05) is 13.2 Å². The third kappa shape index (κ3) is 1.91. The van der Waals surface area contributed by atoms with Crippen LogP contribution in [0.1, 0.15) is 12.8 Å². The van der Waals surface area contributed by atoms with Crippen LogP contribution in [0.4, 0.5) is 4.39 Å². The highest BCUT2D eigenvalue weighted by molar-refractivity contribution is 4.76. The van der Waals surface area contributed by atoms with Crippen LogP contribution in [0.3, 0.4) is 0 Å². The van der Waals surface area contributed by atoms with Crippen molar-refractivity contribution in [2.45, 2.75) is 25.1 Å². The van der Waals surface area contributed by atoms with Gasteiger partial charge < -0.3 is 10.4 Å². The van der Waals surface area contributed by atoms with Crippen LogP contribution in [0.15, 0.2) is 0 Å². The molecule has 3 heteroatoms. The van der Waals surface area contributed by atoms with E-state index in [2.05, 4.69) is 5.32 Å². The van der Waals surface area contributed by atoms with E-state index in [0.717, 1.165) is 6.42 Å². The molecule has 0 saturated carbocycles. The van der Waals surface area contributed by atoms with Gasteiger partial charge in [0.1, 0.15) is 6.17 Å². The van der Waals surface area contributed by atoms with Crippen molar-refractivity contribution in [3.63, 3.8) is 0 Å². The zero-order valence-corrected chi connectivity index (χ0v) is 5.31. The molecule has 2 nitrogen and oxygen atoms in total. The molecule has 1 aliphatic rings. The van der Waals surface area contributed by atoms with Gasteiger partial charge in [-0.2, -0.15) is 0 Å². The largest absolute Gasteiger partial charge is 0.395 e. The van der Waals surface area contributed by atoms with Crippen LogP contribution in [0.5, 0.6) is 0 Å². The monoisotopic (exact) mass is 133 g/mol. The maximum absolute atomic E-state index is 12.3. The van der Waals surface area contributed by atoms with Gasteiger partial charge in [-0.3, -0.25) is 0 Å². The standard InChI is InChI=1S/C6H12FNO/c7-5-1-2-6(4-9)8-3-5/h5-6,8-9H,1-4H2/t5-,6+/m1/s1. The van der Waals surface area contributed by atoms with Crippen LogP contribution in [-0.4, -0.2) is 30.5 Å². The van der Waals surface area contributed by atoms with E-state index >= 15 is 0 Å². The summed E-state index contributed by atoms with van der Waals surface area (Å²) in [5.74, 6) is 0. The molecular formula is C6H12FNO. The zero-order chi connectivity index (χ0) is 6.69. The summed E-state index contributed by atoms with van der Waals surface area (Å²) in [4.78, 5) is 0. The number of hydrogen-bond acceptors (Lipinski definition) is 2. The third-order valence-corrected chi connectivity index (χ3v) is 1.68. The molecule has 1 aliphatic heterocycles. The highest BCUT2D eigenvalue weighted by atomic mass is 19.1. The van der Waals surface area contributed by atoms with Gasteiger partial charge in [0, 0.05) is 12.6 Å². The highest BCUT2D eigenvalue weighted by Crippen LogP contribution is 2.09. The number of nitrogens with one attached hydrogen (secondary N) is 1. The first-order valence-electron chi connectivity index (χ1n) is 3.31. The van der Waals surface area contributed by atoms with Crippen LogP contribution < -0.4 is 5.32 Å². The average molecular weight is 133 g/mol. The lowest BCUT2D eigenvalue weighted by atomic mass is 10.0. The molecule has 1 rings (SSSR count). The molecule has 9 heavy (non-hydrogen) atoms. The second kappa shape index (κ2) is 3.13. The van der Waals surface area contributed by atoms with E-state index in [0.29, 0.717) is 13.0 Å². The van der Waals surface area contributed by atoms with E-state index in [9.17, 15) is 4.39 Å². The van der Waals surface area contributed by atoms with E-state index in [1.807, 2.05) is 0 Å². The first-order valence-corrected chi connectivity index (χ1v) is 3.31. The fraction of sp³-hybridized carbons (Fsp3) is 1.00. The molecule has 0 aromatic carbocycles. The predicted octanol–water partition coefficient (Wildman–Crippen LogP) is 0.0688. The van der Waals surface area contributed by atoms with Gasteiger partial charge in [-0.1, -0.05) is 0 Å². The molecule has 0 aromatic rings. The Morgan fingerprint density at radius 3 is 2.78 bits per heavy atom. The molecule has 0 aromatic heterocycles. The van der Waals surface area contributed by atoms with Crippen LogP contribution >= 0.6 is 0 Å². The van der Waals surface area contributed by atoms with Gasteiger partial charge in [-0.05, 0) is 12.8 Å². The minimum absolute atomic E-state index is 0.132. The number of aliphatic hydroxyl groups excluding tert-OH is 1. The molecule has 1 saturated heterocycles. The van der Waals surface area contributed by atoms with E-state index in [-0.39, 0.29) is 12.6 Å². The van der Waals surface area contributed by atoms with Gasteiger partial charge in [-0.15, -0.1) is 0 Å². The zero-order valence-electron chi connectivity index (χ0n) is 5.31. The summed E-state index contributed by atoms with van der Waals surface area (Å²) in [6.07, 6.45) is 0.656. The Labute approximate surface area is 54.1 Å². The van der Waals surface area contributed by atoms with Crippen LogP contribution in [-0.2, 0) is 0 Å². The van der Waals surface area contributed by atoms with Crippen molar-refractivity contribution in [1.29, 1.82) is 0 Å². The van der Waals surface area contributed by atoms with Gasteiger partial charge in [0.05, 0.1) is 6.61 Å². The van der Waals surface area contributed by atoms with Crippen molar-refractivity contribution in [1.82, 2.24) is 5.32 Å². The fourth-order valence-corrected chi connectivity index (χ4v) is 1.04. The Balaban J connectivity index is 2.18. The molecule has 0 aliphatic carbocycles. The number of rotatable bonds is 1. The third-order valence-electron chi connectivity index (χ3n) is 1.68. The summed E-state index contributed by atoms with van der Waals surface area (Å²) in [5.41, 5.74) is 0. The summed E-state index contributed by atoms with van der Waals surface area (Å²) < 4.78 is 12.3.